The predicted molar refractivity (Wildman–Crippen MR) is 30.8 cm³/mol. The van der Waals surface area contributed by atoms with Gasteiger partial charge in [-0.2, -0.15) is 0 Å². The summed E-state index contributed by atoms with van der Waals surface area (Å²) in [6, 6.07) is 0. The molecule has 0 spiro atoms. The van der Waals surface area contributed by atoms with Gasteiger partial charge in [0.2, 0.25) is 10.0 Å². The van der Waals surface area contributed by atoms with Crippen molar-refractivity contribution in [3.63, 3.8) is 0 Å². The summed E-state index contributed by atoms with van der Waals surface area (Å²) < 4.78 is 20.5. The summed E-state index contributed by atoms with van der Waals surface area (Å²) in [4.78, 5) is 0. The van der Waals surface area contributed by atoms with Gasteiger partial charge in [0.1, 0.15) is 5.25 Å². The first-order valence-electron chi connectivity index (χ1n) is 2.23. The summed E-state index contributed by atoms with van der Waals surface area (Å²) in [7, 11) is -3.80. The van der Waals surface area contributed by atoms with Crippen LogP contribution in [0.3, 0.4) is 0 Å². The van der Waals surface area contributed by atoms with Crippen LogP contribution in [0.2, 0.25) is 0 Å². The van der Waals surface area contributed by atoms with Crippen molar-refractivity contribution in [2.24, 2.45) is 5.14 Å². The smallest absolute Gasteiger partial charge is 0.216 e. The first-order valence-corrected chi connectivity index (χ1v) is 3.84. The van der Waals surface area contributed by atoms with E-state index < -0.39 is 21.6 Å². The van der Waals surface area contributed by atoms with Gasteiger partial charge in [0.25, 0.3) is 0 Å². The minimum absolute atomic E-state index is 1.11. The Hall–Kier alpha value is -0.170. The maximum Gasteiger partial charge on any atom is 0.216 e. The fourth-order valence-electron chi connectivity index (χ4n) is 0.170. The van der Waals surface area contributed by atoms with E-state index in [9.17, 15) is 8.42 Å². The maximum absolute atomic E-state index is 10.2. The van der Waals surface area contributed by atoms with E-state index in [1.807, 2.05) is 0 Å². The second kappa shape index (κ2) is 2.61. The highest BCUT2D eigenvalue weighted by Crippen LogP contribution is 1.97. The fraction of sp³-hybridized carbons (Fsp3) is 1.00. The van der Waals surface area contributed by atoms with Crippen LogP contribution in [0.15, 0.2) is 0 Å². The van der Waals surface area contributed by atoms with Crippen LogP contribution >= 0.6 is 0 Å². The van der Waals surface area contributed by atoms with Crippen LogP contribution in [-0.4, -0.2) is 30.2 Å². The maximum atomic E-state index is 10.2. The van der Waals surface area contributed by atoms with Crippen LogP contribution in [-0.2, 0) is 10.0 Å². The first kappa shape index (κ1) is 8.83. The van der Waals surface area contributed by atoms with Crippen molar-refractivity contribution in [3.05, 3.63) is 0 Å². The van der Waals surface area contributed by atoms with E-state index in [2.05, 4.69) is 5.14 Å². The van der Waals surface area contributed by atoms with Crippen molar-refractivity contribution >= 4 is 10.0 Å². The van der Waals surface area contributed by atoms with E-state index in [1.165, 1.54) is 0 Å². The Balaban J connectivity index is 4.24. The summed E-state index contributed by atoms with van der Waals surface area (Å²) in [6.07, 6.45) is -1.90. The molecule has 0 bridgehead atoms. The van der Waals surface area contributed by atoms with Gasteiger partial charge in [-0.1, -0.05) is 0 Å². The van der Waals surface area contributed by atoms with Gasteiger partial charge in [0, 0.05) is 0 Å². The number of aliphatic hydroxyl groups is 2. The lowest BCUT2D eigenvalue weighted by atomic mass is 10.5. The lowest BCUT2D eigenvalue weighted by Crippen LogP contribution is -2.35. The Labute approximate surface area is 53.2 Å². The van der Waals surface area contributed by atoms with Gasteiger partial charge in [-0.25, -0.2) is 13.6 Å². The van der Waals surface area contributed by atoms with Crippen LogP contribution in [0.25, 0.3) is 0 Å². The van der Waals surface area contributed by atoms with Gasteiger partial charge in [-0.3, -0.25) is 0 Å². The van der Waals surface area contributed by atoms with E-state index in [0.717, 1.165) is 6.92 Å². The zero-order valence-electron chi connectivity index (χ0n) is 4.85. The van der Waals surface area contributed by atoms with Crippen LogP contribution < -0.4 is 5.14 Å². The molecular weight excluding hydrogens is 146 g/mol. The molecule has 4 N–H and O–H groups in total. The van der Waals surface area contributed by atoms with Crippen molar-refractivity contribution < 1.29 is 18.6 Å². The Kier molecular flexibility index (Phi) is 2.56. The number of aliphatic hydroxyl groups excluding tert-OH is 1. The number of nitrogens with two attached hydrogens (primary N) is 1. The monoisotopic (exact) mass is 155 g/mol. The molecular formula is C3H9NO4S. The van der Waals surface area contributed by atoms with Crippen molar-refractivity contribution in [2.75, 3.05) is 0 Å². The molecule has 0 fully saturated rings. The summed E-state index contributed by atoms with van der Waals surface area (Å²) >= 11 is 0. The Morgan fingerprint density at radius 2 is 1.78 bits per heavy atom. The minimum atomic E-state index is -3.80. The molecule has 0 rings (SSSR count). The van der Waals surface area contributed by atoms with Crippen LogP contribution in [0.4, 0.5) is 0 Å². The van der Waals surface area contributed by atoms with E-state index in [-0.39, 0.29) is 0 Å². The molecule has 0 aromatic rings. The van der Waals surface area contributed by atoms with Crippen molar-refractivity contribution in [3.8, 4) is 0 Å². The number of sulfonamides is 1. The summed E-state index contributed by atoms with van der Waals surface area (Å²) in [5, 5.41) is 19.7. The quantitative estimate of drug-likeness (QED) is 0.400. The Morgan fingerprint density at radius 1 is 1.44 bits per heavy atom. The van der Waals surface area contributed by atoms with Crippen LogP contribution in [0, 0.1) is 0 Å². The summed E-state index contributed by atoms with van der Waals surface area (Å²) in [5.41, 5.74) is 0. The summed E-state index contributed by atoms with van der Waals surface area (Å²) in [6.45, 7) is 1.11. The molecule has 0 aliphatic rings. The number of primary sulfonamides is 1. The highest BCUT2D eigenvalue weighted by molar-refractivity contribution is 7.89. The zero-order chi connectivity index (χ0) is 7.65. The Morgan fingerprint density at radius 3 is 1.78 bits per heavy atom. The van der Waals surface area contributed by atoms with Crippen LogP contribution in [0.1, 0.15) is 6.92 Å². The molecule has 1 atom stereocenters. The molecule has 56 valence electrons. The van der Waals surface area contributed by atoms with Crippen molar-refractivity contribution in [1.29, 1.82) is 0 Å². The Bertz CT molecular complexity index is 172. The van der Waals surface area contributed by atoms with Gasteiger partial charge in [-0.05, 0) is 6.92 Å². The molecule has 0 aromatic heterocycles. The van der Waals surface area contributed by atoms with E-state index in [4.69, 9.17) is 10.2 Å². The topological polar surface area (TPSA) is 101 Å². The SMILES string of the molecule is C[C@@H](C(O)O)S(N)(=O)=O. The lowest BCUT2D eigenvalue weighted by molar-refractivity contribution is -0.0383. The van der Waals surface area contributed by atoms with E-state index >= 15 is 0 Å². The largest absolute Gasteiger partial charge is 0.367 e. The third kappa shape index (κ3) is 2.75. The lowest BCUT2D eigenvalue weighted by Gasteiger charge is -2.09. The van der Waals surface area contributed by atoms with Crippen molar-refractivity contribution in [1.82, 2.24) is 0 Å². The van der Waals surface area contributed by atoms with Gasteiger partial charge in [0.15, 0.2) is 6.29 Å². The molecule has 9 heavy (non-hydrogen) atoms. The van der Waals surface area contributed by atoms with Gasteiger partial charge >= 0.3 is 0 Å². The standard InChI is InChI=1S/C3H9NO4S/c1-2(3(5)6)9(4,7)8/h2-3,5-6H,1H3,(H2,4,7,8)/t2-/m0/s1. The van der Waals surface area contributed by atoms with Gasteiger partial charge < -0.3 is 10.2 Å². The normalized spacial score (nSPS) is 16.1. The highest BCUT2D eigenvalue weighted by Gasteiger charge is 2.21. The van der Waals surface area contributed by atoms with E-state index in [1.54, 1.807) is 0 Å². The molecule has 0 unspecified atom stereocenters. The molecule has 0 aliphatic carbocycles. The average molecular weight is 155 g/mol. The molecule has 6 heteroatoms. The first-order chi connectivity index (χ1) is 3.85. The molecule has 0 aromatic carbocycles. The van der Waals surface area contributed by atoms with Crippen LogP contribution in [0.5, 0.6) is 0 Å². The fourth-order valence-corrected chi connectivity index (χ4v) is 0.509. The number of hydrogen-bond acceptors (Lipinski definition) is 4. The number of hydrogen-bond donors (Lipinski definition) is 3. The average Bonchev–Trinajstić information content (AvgIpc) is 1.62. The zero-order valence-corrected chi connectivity index (χ0v) is 5.67. The molecule has 0 saturated carbocycles. The molecule has 0 heterocycles. The second-order valence-electron chi connectivity index (χ2n) is 1.71. The number of rotatable bonds is 2. The van der Waals surface area contributed by atoms with E-state index in [0.29, 0.717) is 0 Å². The van der Waals surface area contributed by atoms with Gasteiger partial charge in [-0.15, -0.1) is 0 Å². The highest BCUT2D eigenvalue weighted by atomic mass is 32.2. The molecule has 0 amide bonds. The van der Waals surface area contributed by atoms with Crippen molar-refractivity contribution in [2.45, 2.75) is 18.5 Å². The minimum Gasteiger partial charge on any atom is -0.367 e. The van der Waals surface area contributed by atoms with Gasteiger partial charge in [0.05, 0.1) is 0 Å². The predicted octanol–water partition coefficient (Wildman–Crippen LogP) is -2.03. The molecule has 5 nitrogen and oxygen atoms in total. The molecule has 0 radical (unpaired) electrons. The summed E-state index contributed by atoms with van der Waals surface area (Å²) in [5.74, 6) is 0. The third-order valence-corrected chi connectivity index (χ3v) is 2.22. The third-order valence-electron chi connectivity index (χ3n) is 0.938. The molecule has 0 saturated heterocycles. The molecule has 0 aliphatic heterocycles. The second-order valence-corrected chi connectivity index (χ2v) is 3.63.